The zero-order valence-corrected chi connectivity index (χ0v) is 11.7. The van der Waals surface area contributed by atoms with Crippen molar-refractivity contribution in [3.8, 4) is 11.1 Å². The van der Waals surface area contributed by atoms with E-state index in [0.717, 1.165) is 19.3 Å². The molecule has 2 unspecified atom stereocenters. The van der Waals surface area contributed by atoms with E-state index >= 15 is 0 Å². The number of benzene rings is 2. The zero-order valence-electron chi connectivity index (χ0n) is 11.7. The zero-order chi connectivity index (χ0) is 13.7. The first-order valence-electron chi connectivity index (χ1n) is 7.51. The lowest BCUT2D eigenvalue weighted by atomic mass is 9.67. The van der Waals surface area contributed by atoms with Gasteiger partial charge in [0.1, 0.15) is 5.78 Å². The first kappa shape index (κ1) is 11.9. The number of ketones is 1. The molecule has 2 aromatic rings. The summed E-state index contributed by atoms with van der Waals surface area (Å²) < 4.78 is 0. The smallest absolute Gasteiger partial charge is 0.137 e. The van der Waals surface area contributed by atoms with Crippen molar-refractivity contribution in [2.45, 2.75) is 32.1 Å². The van der Waals surface area contributed by atoms with Crippen LogP contribution in [0.2, 0.25) is 0 Å². The molecule has 0 bridgehead atoms. The molecule has 0 spiro atoms. The molecule has 2 aliphatic rings. The summed E-state index contributed by atoms with van der Waals surface area (Å²) in [5.41, 5.74) is 6.98. The molecule has 0 heterocycles. The Hall–Kier alpha value is -1.89. The van der Waals surface area contributed by atoms with Crippen LogP contribution < -0.4 is 0 Å². The van der Waals surface area contributed by atoms with Crippen LogP contribution in [-0.2, 0) is 11.2 Å². The minimum absolute atomic E-state index is 0.261. The van der Waals surface area contributed by atoms with Crippen molar-refractivity contribution in [2.24, 2.45) is 5.92 Å². The predicted molar refractivity (Wildman–Crippen MR) is 80.8 cm³/mol. The van der Waals surface area contributed by atoms with E-state index < -0.39 is 0 Å². The number of hydrogen-bond donors (Lipinski definition) is 0. The van der Waals surface area contributed by atoms with Gasteiger partial charge in [-0.15, -0.1) is 0 Å². The van der Waals surface area contributed by atoms with Crippen LogP contribution in [-0.4, -0.2) is 5.78 Å². The number of carbonyl (C=O) groups is 1. The van der Waals surface area contributed by atoms with Gasteiger partial charge >= 0.3 is 0 Å². The largest absolute Gasteiger partial charge is 0.299 e. The molecule has 100 valence electrons. The summed E-state index contributed by atoms with van der Waals surface area (Å²) in [5, 5.41) is 0. The van der Waals surface area contributed by atoms with Gasteiger partial charge in [-0.05, 0) is 40.7 Å². The van der Waals surface area contributed by atoms with Crippen LogP contribution in [0.5, 0.6) is 0 Å². The first-order chi connectivity index (χ1) is 9.78. The van der Waals surface area contributed by atoms with Crippen LogP contribution in [0.3, 0.4) is 0 Å². The molecule has 20 heavy (non-hydrogen) atoms. The summed E-state index contributed by atoms with van der Waals surface area (Å²) in [6, 6.07) is 15.5. The van der Waals surface area contributed by atoms with Crippen LogP contribution in [0.25, 0.3) is 11.1 Å². The standard InChI is InChI=1S/C19H18O/c1-2-15-18(11-19(15)20)13-7-8-17-14(10-13)9-12-5-3-4-6-16(12)17/h3-8,10,15,18H,2,9,11H2,1H3. The molecule has 4 rings (SSSR count). The lowest BCUT2D eigenvalue weighted by molar-refractivity contribution is -0.131. The lowest BCUT2D eigenvalue weighted by Crippen LogP contribution is -2.34. The maximum atomic E-state index is 11.7. The minimum atomic E-state index is 0.261. The first-order valence-corrected chi connectivity index (χ1v) is 7.51. The number of Topliss-reactive ketones (excluding diaryl/α,β-unsaturated/α-hetero) is 1. The van der Waals surface area contributed by atoms with E-state index in [-0.39, 0.29) is 5.92 Å². The maximum Gasteiger partial charge on any atom is 0.137 e. The minimum Gasteiger partial charge on any atom is -0.299 e. The molecule has 1 nitrogen and oxygen atoms in total. The van der Waals surface area contributed by atoms with Gasteiger partial charge in [-0.3, -0.25) is 4.79 Å². The Kier molecular flexibility index (Phi) is 2.56. The molecule has 2 aliphatic carbocycles. The summed E-state index contributed by atoms with van der Waals surface area (Å²) in [7, 11) is 0. The van der Waals surface area contributed by atoms with Gasteiger partial charge < -0.3 is 0 Å². The van der Waals surface area contributed by atoms with Crippen LogP contribution in [0.15, 0.2) is 42.5 Å². The Labute approximate surface area is 119 Å². The molecule has 1 saturated carbocycles. The predicted octanol–water partition coefficient (Wildman–Crippen LogP) is 4.34. The molecule has 0 saturated heterocycles. The highest BCUT2D eigenvalue weighted by molar-refractivity contribution is 5.89. The van der Waals surface area contributed by atoms with Crippen molar-refractivity contribution < 1.29 is 4.79 Å². The van der Waals surface area contributed by atoms with E-state index in [9.17, 15) is 4.79 Å². The Balaban J connectivity index is 1.71. The summed E-state index contributed by atoms with van der Waals surface area (Å²) in [6.07, 6.45) is 2.75. The third-order valence-electron chi connectivity index (χ3n) is 5.01. The molecule has 0 N–H and O–H groups in total. The van der Waals surface area contributed by atoms with Crippen molar-refractivity contribution in [1.82, 2.24) is 0 Å². The second-order valence-electron chi connectivity index (χ2n) is 6.04. The van der Waals surface area contributed by atoms with E-state index in [1.54, 1.807) is 0 Å². The second kappa shape index (κ2) is 4.31. The Morgan fingerprint density at radius 3 is 2.65 bits per heavy atom. The van der Waals surface area contributed by atoms with E-state index in [0.29, 0.717) is 11.7 Å². The average Bonchev–Trinajstić information content (AvgIpc) is 2.82. The molecule has 0 radical (unpaired) electrons. The van der Waals surface area contributed by atoms with Crippen molar-refractivity contribution in [3.63, 3.8) is 0 Å². The fourth-order valence-corrected chi connectivity index (χ4v) is 3.83. The van der Waals surface area contributed by atoms with Crippen LogP contribution in [0, 0.1) is 5.92 Å². The van der Waals surface area contributed by atoms with Gasteiger partial charge in [0, 0.05) is 18.3 Å². The fourth-order valence-electron chi connectivity index (χ4n) is 3.83. The van der Waals surface area contributed by atoms with Crippen LogP contribution >= 0.6 is 0 Å². The molecule has 2 aromatic carbocycles. The van der Waals surface area contributed by atoms with Gasteiger partial charge in [-0.25, -0.2) is 0 Å². The SMILES string of the molecule is CCC1C(=O)CC1c1ccc2c(c1)Cc1ccccc1-2. The van der Waals surface area contributed by atoms with Gasteiger partial charge in [-0.1, -0.05) is 49.4 Å². The molecule has 2 atom stereocenters. The summed E-state index contributed by atoms with van der Waals surface area (Å²) in [5.74, 6) is 1.17. The van der Waals surface area contributed by atoms with Crippen LogP contribution in [0.4, 0.5) is 0 Å². The molecule has 1 fully saturated rings. The van der Waals surface area contributed by atoms with Gasteiger partial charge in [0.15, 0.2) is 0 Å². The molecular formula is C19H18O. The summed E-state index contributed by atoms with van der Waals surface area (Å²) >= 11 is 0. The van der Waals surface area contributed by atoms with Crippen molar-refractivity contribution in [3.05, 3.63) is 59.2 Å². The van der Waals surface area contributed by atoms with E-state index in [1.807, 2.05) is 0 Å². The Morgan fingerprint density at radius 2 is 1.85 bits per heavy atom. The Morgan fingerprint density at radius 1 is 1.05 bits per heavy atom. The topological polar surface area (TPSA) is 17.1 Å². The van der Waals surface area contributed by atoms with E-state index in [1.165, 1.54) is 27.8 Å². The maximum absolute atomic E-state index is 11.7. The Bertz CT molecular complexity index is 699. The number of carbonyl (C=O) groups excluding carboxylic acids is 1. The van der Waals surface area contributed by atoms with Crippen LogP contribution in [0.1, 0.15) is 42.4 Å². The number of rotatable bonds is 2. The van der Waals surface area contributed by atoms with Crippen molar-refractivity contribution in [2.75, 3.05) is 0 Å². The highest BCUT2D eigenvalue weighted by Gasteiger charge is 2.39. The van der Waals surface area contributed by atoms with E-state index in [2.05, 4.69) is 49.4 Å². The van der Waals surface area contributed by atoms with Crippen molar-refractivity contribution in [1.29, 1.82) is 0 Å². The quantitative estimate of drug-likeness (QED) is 0.671. The van der Waals surface area contributed by atoms with Crippen molar-refractivity contribution >= 4 is 5.78 Å². The van der Waals surface area contributed by atoms with Gasteiger partial charge in [0.05, 0.1) is 0 Å². The monoisotopic (exact) mass is 262 g/mol. The highest BCUT2D eigenvalue weighted by atomic mass is 16.1. The normalized spacial score (nSPS) is 23.1. The third kappa shape index (κ3) is 1.59. The molecule has 1 heteroatoms. The molecule has 0 aliphatic heterocycles. The molecular weight excluding hydrogens is 244 g/mol. The van der Waals surface area contributed by atoms with Gasteiger partial charge in [0.25, 0.3) is 0 Å². The summed E-state index contributed by atoms with van der Waals surface area (Å²) in [4.78, 5) is 11.7. The number of fused-ring (bicyclic) bond motifs is 3. The van der Waals surface area contributed by atoms with E-state index in [4.69, 9.17) is 0 Å². The lowest BCUT2D eigenvalue weighted by Gasteiger charge is -2.35. The second-order valence-corrected chi connectivity index (χ2v) is 6.04. The fraction of sp³-hybridized carbons (Fsp3) is 0.316. The molecule has 0 amide bonds. The highest BCUT2D eigenvalue weighted by Crippen LogP contribution is 2.44. The average molecular weight is 262 g/mol. The van der Waals surface area contributed by atoms with Gasteiger partial charge in [0.2, 0.25) is 0 Å². The number of hydrogen-bond acceptors (Lipinski definition) is 1. The summed E-state index contributed by atoms with van der Waals surface area (Å²) in [6.45, 7) is 2.12. The molecule has 0 aromatic heterocycles. The van der Waals surface area contributed by atoms with Gasteiger partial charge in [-0.2, -0.15) is 0 Å². The third-order valence-corrected chi connectivity index (χ3v) is 5.01.